The molecular weight excluding hydrogens is 406 g/mol. The van der Waals surface area contributed by atoms with Crippen LogP contribution in [0.25, 0.3) is 5.69 Å². The molecule has 32 heavy (non-hydrogen) atoms. The lowest BCUT2D eigenvalue weighted by Crippen LogP contribution is -2.33. The molecule has 0 bridgehead atoms. The van der Waals surface area contributed by atoms with Crippen LogP contribution in [0.4, 0.5) is 0 Å². The lowest BCUT2D eigenvalue weighted by Gasteiger charge is -2.07. The smallest absolute Gasteiger partial charge is 0.272 e. The van der Waals surface area contributed by atoms with Crippen LogP contribution in [0.1, 0.15) is 49.7 Å². The minimum Gasteiger partial charge on any atom is -0.368 e. The van der Waals surface area contributed by atoms with E-state index in [2.05, 4.69) is 15.7 Å². The standard InChI is InChI=1S/C24H25N5O3/c1-15-5-11-18(12-6-15)29-20-4-2-3-19(20)22(28-29)24(32)26-13-16-7-9-17(10-8-16)23(31)27-14-21(25)30/h5-12H,2-4,13-14H2,1H3,(H2,25,30)(H,26,32)(H,27,31). The molecule has 0 unspecified atom stereocenters. The van der Waals surface area contributed by atoms with Gasteiger partial charge in [0.05, 0.1) is 12.2 Å². The minimum atomic E-state index is -0.603. The van der Waals surface area contributed by atoms with Gasteiger partial charge in [0.25, 0.3) is 11.8 Å². The van der Waals surface area contributed by atoms with Gasteiger partial charge in [-0.3, -0.25) is 14.4 Å². The third kappa shape index (κ3) is 4.54. The molecule has 1 aliphatic carbocycles. The van der Waals surface area contributed by atoms with Crippen molar-refractivity contribution in [1.29, 1.82) is 0 Å². The first-order valence-electron chi connectivity index (χ1n) is 10.5. The number of nitrogens with zero attached hydrogens (tertiary/aromatic N) is 2. The number of carbonyl (C=O) groups is 3. The van der Waals surface area contributed by atoms with Gasteiger partial charge in [0, 0.05) is 23.4 Å². The van der Waals surface area contributed by atoms with Gasteiger partial charge in [-0.1, -0.05) is 29.8 Å². The predicted octanol–water partition coefficient (Wildman–Crippen LogP) is 1.81. The number of benzene rings is 2. The second kappa shape index (κ2) is 9.05. The second-order valence-corrected chi connectivity index (χ2v) is 7.90. The van der Waals surface area contributed by atoms with E-state index in [0.29, 0.717) is 17.8 Å². The molecule has 0 saturated carbocycles. The summed E-state index contributed by atoms with van der Waals surface area (Å²) < 4.78 is 1.89. The van der Waals surface area contributed by atoms with E-state index in [0.717, 1.165) is 41.8 Å². The Kier molecular flexibility index (Phi) is 6.02. The summed E-state index contributed by atoms with van der Waals surface area (Å²) in [5.74, 6) is -1.19. The lowest BCUT2D eigenvalue weighted by atomic mass is 10.1. The van der Waals surface area contributed by atoms with Gasteiger partial charge in [-0.15, -0.1) is 0 Å². The quantitative estimate of drug-likeness (QED) is 0.529. The van der Waals surface area contributed by atoms with Crippen molar-refractivity contribution in [2.24, 2.45) is 5.73 Å². The number of hydrogen-bond acceptors (Lipinski definition) is 4. The molecule has 0 aliphatic heterocycles. The summed E-state index contributed by atoms with van der Waals surface area (Å²) in [7, 11) is 0. The van der Waals surface area contributed by atoms with Crippen LogP contribution in [0.2, 0.25) is 0 Å². The molecule has 0 spiro atoms. The molecule has 3 aromatic rings. The van der Waals surface area contributed by atoms with E-state index in [4.69, 9.17) is 5.73 Å². The third-order valence-corrected chi connectivity index (χ3v) is 5.52. The summed E-state index contributed by atoms with van der Waals surface area (Å²) in [6.07, 6.45) is 2.76. The van der Waals surface area contributed by atoms with Crippen LogP contribution in [-0.4, -0.2) is 34.0 Å². The van der Waals surface area contributed by atoms with Crippen LogP contribution in [0.3, 0.4) is 0 Å². The maximum Gasteiger partial charge on any atom is 0.272 e. The van der Waals surface area contributed by atoms with Crippen LogP contribution >= 0.6 is 0 Å². The van der Waals surface area contributed by atoms with Gasteiger partial charge in [-0.2, -0.15) is 5.10 Å². The average molecular weight is 431 g/mol. The van der Waals surface area contributed by atoms with E-state index < -0.39 is 5.91 Å². The molecule has 2 aromatic carbocycles. The van der Waals surface area contributed by atoms with E-state index in [-0.39, 0.29) is 18.4 Å². The van der Waals surface area contributed by atoms with Crippen LogP contribution in [-0.2, 0) is 24.2 Å². The summed E-state index contributed by atoms with van der Waals surface area (Å²) >= 11 is 0. The Balaban J connectivity index is 1.44. The molecule has 8 nitrogen and oxygen atoms in total. The number of nitrogens with two attached hydrogens (primary N) is 1. The highest BCUT2D eigenvalue weighted by Gasteiger charge is 2.26. The summed E-state index contributed by atoms with van der Waals surface area (Å²) in [6, 6.07) is 14.9. The molecule has 0 fully saturated rings. The van der Waals surface area contributed by atoms with Gasteiger partial charge in [0.15, 0.2) is 5.69 Å². The first kappa shape index (κ1) is 21.3. The molecule has 1 heterocycles. The molecule has 1 aliphatic rings. The normalized spacial score (nSPS) is 12.3. The first-order chi connectivity index (χ1) is 15.4. The number of amides is 3. The fourth-order valence-corrected chi connectivity index (χ4v) is 3.83. The molecule has 0 radical (unpaired) electrons. The highest BCUT2D eigenvalue weighted by Crippen LogP contribution is 2.28. The minimum absolute atomic E-state index is 0.211. The monoisotopic (exact) mass is 431 g/mol. The molecule has 0 atom stereocenters. The van der Waals surface area contributed by atoms with E-state index >= 15 is 0 Å². The first-order valence-corrected chi connectivity index (χ1v) is 10.5. The molecule has 4 rings (SSSR count). The van der Waals surface area contributed by atoms with Crippen molar-refractivity contribution < 1.29 is 14.4 Å². The highest BCUT2D eigenvalue weighted by atomic mass is 16.2. The Hall–Kier alpha value is -3.94. The van der Waals surface area contributed by atoms with Gasteiger partial charge >= 0.3 is 0 Å². The fraction of sp³-hybridized carbons (Fsp3) is 0.250. The van der Waals surface area contributed by atoms with Crippen molar-refractivity contribution in [2.45, 2.75) is 32.7 Å². The molecule has 164 valence electrons. The summed E-state index contributed by atoms with van der Waals surface area (Å²) in [6.45, 7) is 2.14. The average Bonchev–Trinajstić information content (AvgIpc) is 3.40. The zero-order valence-electron chi connectivity index (χ0n) is 17.9. The lowest BCUT2D eigenvalue weighted by molar-refractivity contribution is -0.117. The summed E-state index contributed by atoms with van der Waals surface area (Å²) in [5.41, 5.74) is 11.0. The van der Waals surface area contributed by atoms with Gasteiger partial charge in [-0.05, 0) is 56.0 Å². The Labute approximate surface area is 185 Å². The van der Waals surface area contributed by atoms with Gasteiger partial charge in [0.1, 0.15) is 0 Å². The molecule has 4 N–H and O–H groups in total. The number of aryl methyl sites for hydroxylation is 1. The van der Waals surface area contributed by atoms with Crippen molar-refractivity contribution in [1.82, 2.24) is 20.4 Å². The van der Waals surface area contributed by atoms with Crippen LogP contribution in [0.15, 0.2) is 48.5 Å². The van der Waals surface area contributed by atoms with E-state index in [1.165, 1.54) is 5.56 Å². The molecule has 1 aromatic heterocycles. The fourth-order valence-electron chi connectivity index (χ4n) is 3.83. The Morgan fingerprint density at radius 3 is 2.38 bits per heavy atom. The molecule has 8 heteroatoms. The van der Waals surface area contributed by atoms with Crippen LogP contribution in [0.5, 0.6) is 0 Å². The molecular formula is C24H25N5O3. The van der Waals surface area contributed by atoms with Gasteiger partial charge < -0.3 is 16.4 Å². The zero-order valence-corrected chi connectivity index (χ0v) is 17.9. The number of hydrogen-bond donors (Lipinski definition) is 3. The summed E-state index contributed by atoms with van der Waals surface area (Å²) in [4.78, 5) is 35.6. The maximum atomic E-state index is 12.9. The largest absolute Gasteiger partial charge is 0.368 e. The van der Waals surface area contributed by atoms with E-state index in [1.807, 2.05) is 35.9 Å². The number of nitrogens with one attached hydrogen (secondary N) is 2. The van der Waals surface area contributed by atoms with Gasteiger partial charge in [0.2, 0.25) is 5.91 Å². The molecule has 0 saturated heterocycles. The molecule has 3 amide bonds. The number of primary amides is 1. The van der Waals surface area contributed by atoms with Crippen LogP contribution < -0.4 is 16.4 Å². The Morgan fingerprint density at radius 2 is 1.69 bits per heavy atom. The predicted molar refractivity (Wildman–Crippen MR) is 119 cm³/mol. The van der Waals surface area contributed by atoms with Crippen molar-refractivity contribution in [3.05, 3.63) is 82.2 Å². The van der Waals surface area contributed by atoms with Gasteiger partial charge in [-0.25, -0.2) is 4.68 Å². The van der Waals surface area contributed by atoms with E-state index in [9.17, 15) is 14.4 Å². The third-order valence-electron chi connectivity index (χ3n) is 5.52. The van der Waals surface area contributed by atoms with E-state index in [1.54, 1.807) is 24.3 Å². The van der Waals surface area contributed by atoms with Crippen molar-refractivity contribution in [2.75, 3.05) is 6.54 Å². The second-order valence-electron chi connectivity index (χ2n) is 7.90. The zero-order chi connectivity index (χ0) is 22.7. The Morgan fingerprint density at radius 1 is 0.969 bits per heavy atom. The highest BCUT2D eigenvalue weighted by molar-refractivity contribution is 5.96. The number of carbonyl (C=O) groups excluding carboxylic acids is 3. The topological polar surface area (TPSA) is 119 Å². The number of rotatable bonds is 7. The summed E-state index contributed by atoms with van der Waals surface area (Å²) in [5, 5.41) is 10.00. The number of aromatic nitrogens is 2. The van der Waals surface area contributed by atoms with Crippen molar-refractivity contribution in [3.63, 3.8) is 0 Å². The Bertz CT molecular complexity index is 1160. The van der Waals surface area contributed by atoms with Crippen molar-refractivity contribution in [3.8, 4) is 5.69 Å². The maximum absolute atomic E-state index is 12.9. The SMILES string of the molecule is Cc1ccc(-n2nc(C(=O)NCc3ccc(C(=O)NCC(N)=O)cc3)c3c2CCC3)cc1. The van der Waals surface area contributed by atoms with Crippen molar-refractivity contribution >= 4 is 17.7 Å². The van der Waals surface area contributed by atoms with Crippen LogP contribution in [0, 0.1) is 6.92 Å². The number of fused-ring (bicyclic) bond motifs is 1.